The van der Waals surface area contributed by atoms with Crippen LogP contribution in [-0.2, 0) is 6.42 Å². The average molecular weight is 348 g/mol. The number of fused-ring (bicyclic) bond motifs is 1. The van der Waals surface area contributed by atoms with Gasteiger partial charge in [-0.15, -0.1) is 11.3 Å². The summed E-state index contributed by atoms with van der Waals surface area (Å²) in [6.07, 6.45) is 4.43. The first-order valence-corrected chi connectivity index (χ1v) is 8.00. The van der Waals surface area contributed by atoms with Crippen LogP contribution in [0.4, 0.5) is 0 Å². The van der Waals surface area contributed by atoms with Crippen molar-refractivity contribution in [1.82, 2.24) is 15.3 Å². The molecule has 0 aliphatic rings. The van der Waals surface area contributed by atoms with Crippen LogP contribution < -0.4 is 5.32 Å². The SMILES string of the molecule is CNC(Cc1ccc(Br)s1)c1cccc2nccnc12. The van der Waals surface area contributed by atoms with Gasteiger partial charge in [0, 0.05) is 29.7 Å². The van der Waals surface area contributed by atoms with Gasteiger partial charge in [-0.25, -0.2) is 0 Å². The lowest BCUT2D eigenvalue weighted by Gasteiger charge is -2.17. The number of halogens is 1. The minimum atomic E-state index is 0.237. The zero-order chi connectivity index (χ0) is 13.9. The minimum Gasteiger partial charge on any atom is -0.313 e. The van der Waals surface area contributed by atoms with Gasteiger partial charge in [0.15, 0.2) is 0 Å². The minimum absolute atomic E-state index is 0.237. The van der Waals surface area contributed by atoms with Crippen molar-refractivity contribution < 1.29 is 0 Å². The molecule has 0 aliphatic carbocycles. The molecule has 20 heavy (non-hydrogen) atoms. The van der Waals surface area contributed by atoms with E-state index in [-0.39, 0.29) is 6.04 Å². The molecule has 0 amide bonds. The molecule has 3 nitrogen and oxygen atoms in total. The molecule has 102 valence electrons. The van der Waals surface area contributed by atoms with E-state index in [0.29, 0.717) is 0 Å². The molecule has 0 spiro atoms. The third-order valence-corrected chi connectivity index (χ3v) is 4.93. The molecule has 0 radical (unpaired) electrons. The lowest BCUT2D eigenvalue weighted by molar-refractivity contribution is 0.600. The number of hydrogen-bond acceptors (Lipinski definition) is 4. The van der Waals surface area contributed by atoms with Crippen LogP contribution in [-0.4, -0.2) is 17.0 Å². The molecule has 3 aromatic rings. The second-order valence-corrected chi connectivity index (χ2v) is 7.07. The fraction of sp³-hybridized carbons (Fsp3) is 0.200. The number of nitrogens with zero attached hydrogens (tertiary/aromatic N) is 2. The number of hydrogen-bond donors (Lipinski definition) is 1. The average Bonchev–Trinajstić information content (AvgIpc) is 2.89. The van der Waals surface area contributed by atoms with Crippen LogP contribution in [0.5, 0.6) is 0 Å². The van der Waals surface area contributed by atoms with Crippen molar-refractivity contribution in [3.05, 3.63) is 57.0 Å². The molecule has 0 fully saturated rings. The Morgan fingerprint density at radius 1 is 1.20 bits per heavy atom. The van der Waals surface area contributed by atoms with E-state index in [1.54, 1.807) is 23.7 Å². The van der Waals surface area contributed by atoms with Gasteiger partial charge in [-0.05, 0) is 46.7 Å². The summed E-state index contributed by atoms with van der Waals surface area (Å²) in [4.78, 5) is 10.2. The molecule has 5 heteroatoms. The highest BCUT2D eigenvalue weighted by Crippen LogP contribution is 2.29. The van der Waals surface area contributed by atoms with Gasteiger partial charge < -0.3 is 5.32 Å². The van der Waals surface area contributed by atoms with Gasteiger partial charge in [0.1, 0.15) is 0 Å². The summed E-state index contributed by atoms with van der Waals surface area (Å²) in [7, 11) is 1.99. The van der Waals surface area contributed by atoms with Crippen LogP contribution in [0.25, 0.3) is 11.0 Å². The Kier molecular flexibility index (Phi) is 4.10. The van der Waals surface area contributed by atoms with E-state index in [0.717, 1.165) is 17.5 Å². The maximum Gasteiger partial charge on any atom is 0.0934 e. The third kappa shape index (κ3) is 2.75. The fourth-order valence-corrected chi connectivity index (χ4v) is 3.85. The molecule has 1 unspecified atom stereocenters. The van der Waals surface area contributed by atoms with E-state index < -0.39 is 0 Å². The molecular weight excluding hydrogens is 334 g/mol. The molecule has 0 saturated heterocycles. The summed E-state index contributed by atoms with van der Waals surface area (Å²) in [6.45, 7) is 0. The Morgan fingerprint density at radius 2 is 2.05 bits per heavy atom. The van der Waals surface area contributed by atoms with Gasteiger partial charge in [0.2, 0.25) is 0 Å². The molecule has 0 saturated carbocycles. The molecule has 1 N–H and O–H groups in total. The van der Waals surface area contributed by atoms with E-state index >= 15 is 0 Å². The maximum atomic E-state index is 4.49. The van der Waals surface area contributed by atoms with Crippen molar-refractivity contribution in [1.29, 1.82) is 0 Å². The quantitative estimate of drug-likeness (QED) is 0.776. The second-order valence-electron chi connectivity index (χ2n) is 4.52. The highest BCUT2D eigenvalue weighted by atomic mass is 79.9. The Morgan fingerprint density at radius 3 is 2.80 bits per heavy atom. The van der Waals surface area contributed by atoms with E-state index in [2.05, 4.69) is 49.4 Å². The van der Waals surface area contributed by atoms with Crippen LogP contribution in [0.1, 0.15) is 16.5 Å². The number of likely N-dealkylation sites (N-methyl/N-ethyl adjacent to an activating group) is 1. The topological polar surface area (TPSA) is 37.8 Å². The summed E-state index contributed by atoms with van der Waals surface area (Å²) in [5.41, 5.74) is 3.12. The van der Waals surface area contributed by atoms with Crippen LogP contribution in [0.2, 0.25) is 0 Å². The van der Waals surface area contributed by atoms with Gasteiger partial charge in [-0.1, -0.05) is 12.1 Å². The molecular formula is C15H14BrN3S. The van der Waals surface area contributed by atoms with Crippen molar-refractivity contribution in [3.63, 3.8) is 0 Å². The van der Waals surface area contributed by atoms with Crippen molar-refractivity contribution in [2.75, 3.05) is 7.05 Å². The number of thiophene rings is 1. The normalized spacial score (nSPS) is 12.7. The molecule has 1 aromatic carbocycles. The van der Waals surface area contributed by atoms with Crippen molar-refractivity contribution in [3.8, 4) is 0 Å². The van der Waals surface area contributed by atoms with Gasteiger partial charge in [-0.2, -0.15) is 0 Å². The highest BCUT2D eigenvalue weighted by molar-refractivity contribution is 9.11. The zero-order valence-corrected chi connectivity index (χ0v) is 13.4. The molecule has 2 heterocycles. The summed E-state index contributed by atoms with van der Waals surface area (Å²) >= 11 is 5.29. The number of benzene rings is 1. The molecule has 0 bridgehead atoms. The van der Waals surface area contributed by atoms with E-state index in [1.165, 1.54) is 14.2 Å². The smallest absolute Gasteiger partial charge is 0.0934 e. The van der Waals surface area contributed by atoms with Gasteiger partial charge in [0.25, 0.3) is 0 Å². The van der Waals surface area contributed by atoms with Crippen LogP contribution in [0.3, 0.4) is 0 Å². The third-order valence-electron chi connectivity index (χ3n) is 3.29. The van der Waals surface area contributed by atoms with E-state index in [9.17, 15) is 0 Å². The van der Waals surface area contributed by atoms with Gasteiger partial charge in [0.05, 0.1) is 14.8 Å². The van der Waals surface area contributed by atoms with E-state index in [4.69, 9.17) is 0 Å². The fourth-order valence-electron chi connectivity index (χ4n) is 2.33. The lowest BCUT2D eigenvalue weighted by Crippen LogP contribution is -2.19. The number of nitrogens with one attached hydrogen (secondary N) is 1. The predicted molar refractivity (Wildman–Crippen MR) is 87.1 cm³/mol. The Labute approximate surface area is 130 Å². The summed E-state index contributed by atoms with van der Waals surface area (Å²) in [5.74, 6) is 0. The zero-order valence-electron chi connectivity index (χ0n) is 11.0. The van der Waals surface area contributed by atoms with Gasteiger partial charge >= 0.3 is 0 Å². The Hall–Kier alpha value is -1.30. The van der Waals surface area contributed by atoms with Crippen molar-refractivity contribution >= 4 is 38.3 Å². The Bertz CT molecular complexity index is 720. The summed E-state index contributed by atoms with van der Waals surface area (Å²) in [6, 6.07) is 10.7. The molecule has 3 rings (SSSR count). The van der Waals surface area contributed by atoms with Crippen molar-refractivity contribution in [2.45, 2.75) is 12.5 Å². The van der Waals surface area contributed by atoms with Crippen LogP contribution in [0, 0.1) is 0 Å². The molecule has 1 atom stereocenters. The maximum absolute atomic E-state index is 4.49. The predicted octanol–water partition coefficient (Wildman–Crippen LogP) is 3.96. The Balaban J connectivity index is 1.98. The number of para-hydroxylation sites is 1. The summed E-state index contributed by atoms with van der Waals surface area (Å²) in [5, 5.41) is 3.39. The summed E-state index contributed by atoms with van der Waals surface area (Å²) < 4.78 is 1.17. The van der Waals surface area contributed by atoms with Crippen molar-refractivity contribution in [2.24, 2.45) is 0 Å². The second kappa shape index (κ2) is 5.99. The lowest BCUT2D eigenvalue weighted by atomic mass is 10.0. The van der Waals surface area contributed by atoms with Gasteiger partial charge in [-0.3, -0.25) is 9.97 Å². The first-order chi connectivity index (χ1) is 9.78. The first kappa shape index (κ1) is 13.7. The highest BCUT2D eigenvalue weighted by Gasteiger charge is 2.15. The standard InChI is InChI=1S/C15H14BrN3S/c1-17-13(9-10-5-6-14(16)20-10)11-3-2-4-12-15(11)19-8-7-18-12/h2-8,13,17H,9H2,1H3. The largest absolute Gasteiger partial charge is 0.313 e. The monoisotopic (exact) mass is 347 g/mol. The van der Waals surface area contributed by atoms with Crippen LogP contribution in [0.15, 0.2) is 46.5 Å². The molecule has 0 aliphatic heterocycles. The number of rotatable bonds is 4. The first-order valence-electron chi connectivity index (χ1n) is 6.39. The van der Waals surface area contributed by atoms with E-state index in [1.807, 2.05) is 19.2 Å². The van der Waals surface area contributed by atoms with Crippen LogP contribution >= 0.6 is 27.3 Å². The number of aromatic nitrogens is 2. The molecule has 2 aromatic heterocycles.